The summed E-state index contributed by atoms with van der Waals surface area (Å²) in [6, 6.07) is 16.5. The van der Waals surface area contributed by atoms with Crippen LogP contribution in [0.15, 0.2) is 48.5 Å². The van der Waals surface area contributed by atoms with Crippen LogP contribution in [0.4, 0.5) is 5.69 Å². The molecule has 0 fully saturated rings. The molecule has 20 heavy (non-hydrogen) atoms. The van der Waals surface area contributed by atoms with Gasteiger partial charge in [-0.25, -0.2) is 0 Å². The van der Waals surface area contributed by atoms with Crippen LogP contribution in [0, 0.1) is 6.92 Å². The molecule has 0 aliphatic heterocycles. The summed E-state index contributed by atoms with van der Waals surface area (Å²) in [5.74, 6) is 0.348. The highest BCUT2D eigenvalue weighted by Crippen LogP contribution is 2.27. The summed E-state index contributed by atoms with van der Waals surface area (Å²) >= 11 is 0. The number of unbranched alkanes of at least 4 members (excludes halogenated alkanes) is 1. The number of aryl methyl sites for hydroxylation is 1. The molecule has 2 nitrogen and oxygen atoms in total. The summed E-state index contributed by atoms with van der Waals surface area (Å²) in [6.07, 6.45) is 3.50. The summed E-state index contributed by atoms with van der Waals surface area (Å²) in [7, 11) is 0. The molecule has 0 aliphatic rings. The smallest absolute Gasteiger partial charge is 0.118 e. The predicted octanol–water partition coefficient (Wildman–Crippen LogP) is 5.04. The standard InChI is InChI=1S/C18H23NO/c1-3-4-10-17(15-8-6-5-7-9-15)19-16-11-12-18(20)14(2)13-16/h5-9,11-13,17,19-20H,3-4,10H2,1-2H3. The van der Waals surface area contributed by atoms with Gasteiger partial charge in [0.2, 0.25) is 0 Å². The maximum Gasteiger partial charge on any atom is 0.118 e. The van der Waals surface area contributed by atoms with E-state index in [-0.39, 0.29) is 0 Å². The van der Waals surface area contributed by atoms with E-state index in [1.54, 1.807) is 6.07 Å². The fourth-order valence-electron chi connectivity index (χ4n) is 2.36. The van der Waals surface area contributed by atoms with Gasteiger partial charge in [-0.1, -0.05) is 50.1 Å². The van der Waals surface area contributed by atoms with Gasteiger partial charge in [-0.3, -0.25) is 0 Å². The van der Waals surface area contributed by atoms with E-state index in [2.05, 4.69) is 36.5 Å². The van der Waals surface area contributed by atoms with Gasteiger partial charge in [-0.15, -0.1) is 0 Å². The fourth-order valence-corrected chi connectivity index (χ4v) is 2.36. The summed E-state index contributed by atoms with van der Waals surface area (Å²) < 4.78 is 0. The van der Waals surface area contributed by atoms with Crippen LogP contribution >= 0.6 is 0 Å². The molecule has 2 aromatic carbocycles. The van der Waals surface area contributed by atoms with Gasteiger partial charge in [0.1, 0.15) is 5.75 Å². The highest BCUT2D eigenvalue weighted by Gasteiger charge is 2.11. The van der Waals surface area contributed by atoms with E-state index in [4.69, 9.17) is 0 Å². The lowest BCUT2D eigenvalue weighted by atomic mass is 10.0. The second kappa shape index (κ2) is 6.99. The van der Waals surface area contributed by atoms with Gasteiger partial charge in [-0.2, -0.15) is 0 Å². The van der Waals surface area contributed by atoms with Gasteiger partial charge in [0.05, 0.1) is 6.04 Å². The lowest BCUT2D eigenvalue weighted by molar-refractivity contribution is 0.471. The van der Waals surface area contributed by atoms with Crippen LogP contribution in [-0.4, -0.2) is 5.11 Å². The molecule has 2 rings (SSSR count). The number of anilines is 1. The van der Waals surface area contributed by atoms with Crippen LogP contribution in [0.2, 0.25) is 0 Å². The van der Waals surface area contributed by atoms with Crippen molar-refractivity contribution in [2.24, 2.45) is 0 Å². The first kappa shape index (κ1) is 14.4. The molecule has 0 bridgehead atoms. The topological polar surface area (TPSA) is 32.3 Å². The molecule has 0 saturated heterocycles. The van der Waals surface area contributed by atoms with Gasteiger partial charge in [0.25, 0.3) is 0 Å². The largest absolute Gasteiger partial charge is 0.508 e. The molecular weight excluding hydrogens is 246 g/mol. The molecule has 0 amide bonds. The van der Waals surface area contributed by atoms with E-state index in [0.717, 1.165) is 17.7 Å². The van der Waals surface area contributed by atoms with Crippen LogP contribution in [0.5, 0.6) is 5.75 Å². The third-order valence-corrected chi connectivity index (χ3v) is 3.59. The highest BCUT2D eigenvalue weighted by atomic mass is 16.3. The molecule has 1 atom stereocenters. The fraction of sp³-hybridized carbons (Fsp3) is 0.333. The number of benzene rings is 2. The maximum atomic E-state index is 9.61. The molecule has 2 heteroatoms. The normalized spacial score (nSPS) is 12.1. The molecule has 0 spiro atoms. The molecule has 106 valence electrons. The van der Waals surface area contributed by atoms with Crippen molar-refractivity contribution in [2.45, 2.75) is 39.2 Å². The Morgan fingerprint density at radius 3 is 2.50 bits per heavy atom. The Bertz CT molecular complexity index is 536. The predicted molar refractivity (Wildman–Crippen MR) is 85.2 cm³/mol. The van der Waals surface area contributed by atoms with Gasteiger partial charge < -0.3 is 10.4 Å². The van der Waals surface area contributed by atoms with Gasteiger partial charge in [-0.05, 0) is 42.7 Å². The van der Waals surface area contributed by atoms with Crippen molar-refractivity contribution < 1.29 is 5.11 Å². The van der Waals surface area contributed by atoms with E-state index in [0.29, 0.717) is 11.8 Å². The summed E-state index contributed by atoms with van der Waals surface area (Å²) in [6.45, 7) is 4.14. The lowest BCUT2D eigenvalue weighted by Gasteiger charge is -2.21. The lowest BCUT2D eigenvalue weighted by Crippen LogP contribution is -2.10. The Morgan fingerprint density at radius 1 is 1.10 bits per heavy atom. The monoisotopic (exact) mass is 269 g/mol. The highest BCUT2D eigenvalue weighted by molar-refractivity contribution is 5.51. The number of phenols is 1. The number of nitrogens with one attached hydrogen (secondary N) is 1. The Kier molecular flexibility index (Phi) is 5.05. The first-order chi connectivity index (χ1) is 9.70. The minimum absolute atomic E-state index is 0.320. The number of rotatable bonds is 6. The van der Waals surface area contributed by atoms with E-state index in [1.165, 1.54) is 18.4 Å². The molecule has 2 N–H and O–H groups in total. The Balaban J connectivity index is 2.17. The van der Waals surface area contributed by atoms with Crippen molar-refractivity contribution in [1.29, 1.82) is 0 Å². The van der Waals surface area contributed by atoms with Gasteiger partial charge >= 0.3 is 0 Å². The number of hydrogen-bond donors (Lipinski definition) is 2. The van der Waals surface area contributed by atoms with E-state index < -0.39 is 0 Å². The van der Waals surface area contributed by atoms with Crippen LogP contribution in [0.25, 0.3) is 0 Å². The Labute approximate surface area is 121 Å². The molecule has 0 radical (unpaired) electrons. The van der Waals surface area contributed by atoms with Crippen molar-refractivity contribution in [3.05, 3.63) is 59.7 Å². The molecule has 1 unspecified atom stereocenters. The Morgan fingerprint density at radius 2 is 1.85 bits per heavy atom. The minimum atomic E-state index is 0.320. The summed E-state index contributed by atoms with van der Waals surface area (Å²) in [4.78, 5) is 0. The van der Waals surface area contributed by atoms with Crippen molar-refractivity contribution in [2.75, 3.05) is 5.32 Å². The zero-order valence-electron chi connectivity index (χ0n) is 12.3. The molecular formula is C18H23NO. The second-order valence-electron chi connectivity index (χ2n) is 5.25. The average molecular weight is 269 g/mol. The maximum absolute atomic E-state index is 9.61. The third kappa shape index (κ3) is 3.77. The van der Waals surface area contributed by atoms with Crippen molar-refractivity contribution in [1.82, 2.24) is 0 Å². The summed E-state index contributed by atoms with van der Waals surface area (Å²) in [5, 5.41) is 13.2. The van der Waals surface area contributed by atoms with Gasteiger partial charge in [0, 0.05) is 5.69 Å². The van der Waals surface area contributed by atoms with Crippen LogP contribution in [0.3, 0.4) is 0 Å². The van der Waals surface area contributed by atoms with E-state index in [9.17, 15) is 5.11 Å². The molecule has 0 aliphatic carbocycles. The second-order valence-corrected chi connectivity index (χ2v) is 5.25. The quantitative estimate of drug-likeness (QED) is 0.720. The van der Waals surface area contributed by atoms with Crippen LogP contribution in [-0.2, 0) is 0 Å². The summed E-state index contributed by atoms with van der Waals surface area (Å²) in [5.41, 5.74) is 3.27. The van der Waals surface area contributed by atoms with Crippen molar-refractivity contribution >= 4 is 5.69 Å². The zero-order valence-corrected chi connectivity index (χ0v) is 12.3. The first-order valence-corrected chi connectivity index (χ1v) is 7.32. The Hall–Kier alpha value is -1.96. The van der Waals surface area contributed by atoms with Crippen molar-refractivity contribution in [3.8, 4) is 5.75 Å². The van der Waals surface area contributed by atoms with Crippen LogP contribution < -0.4 is 5.32 Å². The third-order valence-electron chi connectivity index (χ3n) is 3.59. The number of hydrogen-bond acceptors (Lipinski definition) is 2. The molecule has 0 heterocycles. The van der Waals surface area contributed by atoms with Crippen molar-refractivity contribution in [3.63, 3.8) is 0 Å². The van der Waals surface area contributed by atoms with E-state index >= 15 is 0 Å². The first-order valence-electron chi connectivity index (χ1n) is 7.32. The number of phenolic OH excluding ortho intramolecular Hbond substituents is 1. The SMILES string of the molecule is CCCCC(Nc1ccc(O)c(C)c1)c1ccccc1. The van der Waals surface area contributed by atoms with Crippen LogP contribution in [0.1, 0.15) is 43.4 Å². The minimum Gasteiger partial charge on any atom is -0.508 e. The zero-order chi connectivity index (χ0) is 14.4. The molecule has 0 saturated carbocycles. The van der Waals surface area contributed by atoms with Gasteiger partial charge in [0.15, 0.2) is 0 Å². The average Bonchev–Trinajstić information content (AvgIpc) is 2.48. The van der Waals surface area contributed by atoms with E-state index in [1.807, 2.05) is 25.1 Å². The molecule has 0 aromatic heterocycles. The molecule has 2 aromatic rings. The number of aromatic hydroxyl groups is 1.